The number of likely N-dealkylation sites (tertiary alicyclic amines) is 1. The van der Waals surface area contributed by atoms with E-state index in [2.05, 4.69) is 25.5 Å². The molecule has 218 valence electrons. The first-order chi connectivity index (χ1) is 20.0. The third kappa shape index (κ3) is 6.95. The number of nitrogens with one attached hydrogen (secondary N) is 2. The summed E-state index contributed by atoms with van der Waals surface area (Å²) in [7, 11) is 1.96. The van der Waals surface area contributed by atoms with Gasteiger partial charge in [-0.15, -0.1) is 0 Å². The molecular formula is C30H28F3N5O4. The van der Waals surface area contributed by atoms with Crippen LogP contribution in [0.5, 0.6) is 17.4 Å². The SMILES string of the molecule is CC(=O)Nc1cc(Oc2ccc3c(C(=O)Nc4ccc(OC5CCN(C)CC5)c(C(F)(F)F)c4)cccc3c2)ncn1. The van der Waals surface area contributed by atoms with Crippen molar-refractivity contribution in [3.8, 4) is 17.4 Å². The Hall–Kier alpha value is -4.71. The Morgan fingerprint density at radius 2 is 1.76 bits per heavy atom. The molecule has 0 bridgehead atoms. The predicted octanol–water partition coefficient (Wildman–Crippen LogP) is 6.12. The Kier molecular flexibility index (Phi) is 8.25. The van der Waals surface area contributed by atoms with Gasteiger partial charge in [-0.25, -0.2) is 9.97 Å². The van der Waals surface area contributed by atoms with Gasteiger partial charge in [0.1, 0.15) is 29.7 Å². The van der Waals surface area contributed by atoms with E-state index in [1.165, 1.54) is 31.5 Å². The zero-order chi connectivity index (χ0) is 29.9. The number of alkyl halides is 3. The Bertz CT molecular complexity index is 1620. The number of rotatable bonds is 7. The molecule has 1 fully saturated rings. The second-order valence-electron chi connectivity index (χ2n) is 10.00. The van der Waals surface area contributed by atoms with Crippen LogP contribution in [0.2, 0.25) is 0 Å². The van der Waals surface area contributed by atoms with Gasteiger partial charge in [-0.3, -0.25) is 9.59 Å². The van der Waals surface area contributed by atoms with Crippen molar-refractivity contribution in [1.82, 2.24) is 14.9 Å². The van der Waals surface area contributed by atoms with Crippen LogP contribution in [0.3, 0.4) is 0 Å². The summed E-state index contributed by atoms with van der Waals surface area (Å²) >= 11 is 0. The minimum absolute atomic E-state index is 0.00116. The number of aromatic nitrogens is 2. The Morgan fingerprint density at radius 1 is 0.976 bits per heavy atom. The number of piperidine rings is 1. The van der Waals surface area contributed by atoms with Gasteiger partial charge in [0.15, 0.2) is 0 Å². The highest BCUT2D eigenvalue weighted by molar-refractivity contribution is 6.13. The van der Waals surface area contributed by atoms with Crippen LogP contribution in [0.25, 0.3) is 10.8 Å². The lowest BCUT2D eigenvalue weighted by molar-refractivity contribution is -0.139. The highest BCUT2D eigenvalue weighted by Gasteiger charge is 2.36. The van der Waals surface area contributed by atoms with E-state index in [1.54, 1.807) is 36.4 Å². The summed E-state index contributed by atoms with van der Waals surface area (Å²) in [5.41, 5.74) is -0.668. The van der Waals surface area contributed by atoms with Gasteiger partial charge in [0.05, 0.1) is 5.56 Å². The zero-order valence-corrected chi connectivity index (χ0v) is 22.9. The molecule has 2 N–H and O–H groups in total. The molecule has 9 nitrogen and oxygen atoms in total. The molecule has 42 heavy (non-hydrogen) atoms. The van der Waals surface area contributed by atoms with E-state index in [4.69, 9.17) is 9.47 Å². The summed E-state index contributed by atoms with van der Waals surface area (Å²) in [4.78, 5) is 34.6. The lowest BCUT2D eigenvalue weighted by Gasteiger charge is -2.30. The molecule has 1 aliphatic rings. The summed E-state index contributed by atoms with van der Waals surface area (Å²) in [6.07, 6.45) is -2.44. The van der Waals surface area contributed by atoms with Gasteiger partial charge >= 0.3 is 6.18 Å². The van der Waals surface area contributed by atoms with Gasteiger partial charge < -0.3 is 25.0 Å². The number of hydrogen-bond acceptors (Lipinski definition) is 7. The summed E-state index contributed by atoms with van der Waals surface area (Å²) < 4.78 is 53.4. The fourth-order valence-electron chi connectivity index (χ4n) is 4.70. The standard InChI is InChI=1S/C30H28F3N5O4/c1-18(39)36-27-16-28(35-17-34-27)42-22-7-8-23-19(14-22)4-3-5-24(23)29(40)37-20-6-9-26(25(15-20)30(31,32)33)41-21-10-12-38(2)13-11-21/h3-9,14-17,21H,10-13H2,1-2H3,(H,37,40)(H,34,35,36,39). The lowest BCUT2D eigenvalue weighted by atomic mass is 10.0. The molecular weight excluding hydrogens is 551 g/mol. The van der Waals surface area contributed by atoms with E-state index in [0.717, 1.165) is 19.2 Å². The smallest absolute Gasteiger partial charge is 0.420 e. The number of carbonyl (C=O) groups excluding carboxylic acids is 2. The van der Waals surface area contributed by atoms with Crippen molar-refractivity contribution < 1.29 is 32.2 Å². The number of nitrogens with zero attached hydrogens (tertiary/aromatic N) is 3. The van der Waals surface area contributed by atoms with Crippen LogP contribution in [0.15, 0.2) is 67.0 Å². The van der Waals surface area contributed by atoms with Gasteiger partial charge in [-0.2, -0.15) is 13.2 Å². The molecule has 4 aromatic rings. The Balaban J connectivity index is 1.34. The summed E-state index contributed by atoms with van der Waals surface area (Å²) in [6.45, 7) is 2.85. The number of halogens is 3. The van der Waals surface area contributed by atoms with Crippen LogP contribution in [0.4, 0.5) is 24.7 Å². The van der Waals surface area contributed by atoms with Gasteiger partial charge in [0.25, 0.3) is 5.91 Å². The highest BCUT2D eigenvalue weighted by Crippen LogP contribution is 2.39. The zero-order valence-electron chi connectivity index (χ0n) is 22.9. The van der Waals surface area contributed by atoms with Crippen molar-refractivity contribution in [2.24, 2.45) is 0 Å². The number of carbonyl (C=O) groups is 2. The van der Waals surface area contributed by atoms with Crippen LogP contribution in [0.1, 0.15) is 35.7 Å². The molecule has 0 unspecified atom stereocenters. The van der Waals surface area contributed by atoms with Crippen LogP contribution in [-0.2, 0) is 11.0 Å². The lowest BCUT2D eigenvalue weighted by Crippen LogP contribution is -2.36. The predicted molar refractivity (Wildman–Crippen MR) is 151 cm³/mol. The number of hydrogen-bond donors (Lipinski definition) is 2. The van der Waals surface area contributed by atoms with Crippen LogP contribution in [0, 0.1) is 0 Å². The Labute approximate surface area is 239 Å². The van der Waals surface area contributed by atoms with Crippen LogP contribution >= 0.6 is 0 Å². The molecule has 12 heteroatoms. The first kappa shape index (κ1) is 28.8. The highest BCUT2D eigenvalue weighted by atomic mass is 19.4. The van der Waals surface area contributed by atoms with Gasteiger partial charge in [-0.05, 0) is 73.1 Å². The first-order valence-corrected chi connectivity index (χ1v) is 13.2. The number of fused-ring (bicyclic) bond motifs is 1. The van der Waals surface area contributed by atoms with E-state index < -0.39 is 17.6 Å². The summed E-state index contributed by atoms with van der Waals surface area (Å²) in [5.74, 6) is -0.207. The summed E-state index contributed by atoms with van der Waals surface area (Å²) in [5, 5.41) is 6.37. The number of anilines is 2. The quantitative estimate of drug-likeness (QED) is 0.272. The van der Waals surface area contributed by atoms with Crippen molar-refractivity contribution in [1.29, 1.82) is 0 Å². The molecule has 1 aliphatic heterocycles. The van der Waals surface area contributed by atoms with Gasteiger partial charge in [0, 0.05) is 37.3 Å². The molecule has 0 aliphatic carbocycles. The molecule has 5 rings (SSSR count). The van der Waals surface area contributed by atoms with Gasteiger partial charge in [0.2, 0.25) is 11.8 Å². The van der Waals surface area contributed by atoms with Crippen LogP contribution < -0.4 is 20.1 Å². The molecule has 0 atom stereocenters. The van der Waals surface area contributed by atoms with Crippen molar-refractivity contribution in [3.05, 3.63) is 78.1 Å². The maximum Gasteiger partial charge on any atom is 0.420 e. The van der Waals surface area contributed by atoms with Crippen molar-refractivity contribution in [2.45, 2.75) is 32.0 Å². The van der Waals surface area contributed by atoms with E-state index in [1.807, 2.05) is 7.05 Å². The molecule has 1 aromatic heterocycles. The number of benzene rings is 3. The fourth-order valence-corrected chi connectivity index (χ4v) is 4.70. The van der Waals surface area contributed by atoms with E-state index in [0.29, 0.717) is 29.4 Å². The summed E-state index contributed by atoms with van der Waals surface area (Å²) in [6, 6.07) is 15.1. The fraction of sp³-hybridized carbons (Fsp3) is 0.267. The molecule has 1 saturated heterocycles. The van der Waals surface area contributed by atoms with E-state index in [-0.39, 0.29) is 40.7 Å². The third-order valence-corrected chi connectivity index (χ3v) is 6.77. The normalized spacial score (nSPS) is 14.4. The average molecular weight is 580 g/mol. The minimum atomic E-state index is -4.66. The molecule has 0 spiro atoms. The number of ether oxygens (including phenoxy) is 2. The second kappa shape index (κ2) is 12.0. The largest absolute Gasteiger partial charge is 0.490 e. The maximum atomic E-state index is 13.9. The maximum absolute atomic E-state index is 13.9. The third-order valence-electron chi connectivity index (χ3n) is 6.77. The molecule has 2 heterocycles. The molecule has 2 amide bonds. The van der Waals surface area contributed by atoms with Crippen molar-refractivity contribution >= 4 is 34.1 Å². The topological polar surface area (TPSA) is 106 Å². The van der Waals surface area contributed by atoms with Crippen molar-refractivity contribution in [2.75, 3.05) is 30.8 Å². The monoisotopic (exact) mass is 579 g/mol. The van der Waals surface area contributed by atoms with E-state index >= 15 is 0 Å². The minimum Gasteiger partial charge on any atom is -0.490 e. The molecule has 0 saturated carbocycles. The molecule has 0 radical (unpaired) electrons. The van der Waals surface area contributed by atoms with Crippen LogP contribution in [-0.4, -0.2) is 52.9 Å². The Morgan fingerprint density at radius 3 is 2.50 bits per heavy atom. The second-order valence-corrected chi connectivity index (χ2v) is 10.00. The van der Waals surface area contributed by atoms with E-state index in [9.17, 15) is 22.8 Å². The molecule has 3 aromatic carbocycles. The average Bonchev–Trinajstić information content (AvgIpc) is 2.94. The number of amides is 2. The first-order valence-electron chi connectivity index (χ1n) is 13.2. The van der Waals surface area contributed by atoms with Gasteiger partial charge in [-0.1, -0.05) is 12.1 Å². The van der Waals surface area contributed by atoms with Crippen molar-refractivity contribution in [3.63, 3.8) is 0 Å².